The predicted molar refractivity (Wildman–Crippen MR) is 60.0 cm³/mol. The van der Waals surface area contributed by atoms with Gasteiger partial charge in [-0.05, 0) is 18.2 Å². The van der Waals surface area contributed by atoms with Crippen LogP contribution in [0.25, 0.3) is 0 Å². The van der Waals surface area contributed by atoms with Gasteiger partial charge in [-0.1, -0.05) is 30.3 Å². The van der Waals surface area contributed by atoms with Gasteiger partial charge in [0.1, 0.15) is 5.75 Å². The molecular weight excluding hydrogens is 407 g/mol. The van der Waals surface area contributed by atoms with E-state index >= 15 is 0 Å². The second-order valence-electron chi connectivity index (χ2n) is 2.85. The van der Waals surface area contributed by atoms with Crippen LogP contribution in [0.2, 0.25) is 0 Å². The number of aromatic hydroxyl groups is 1. The third-order valence-electron chi connectivity index (χ3n) is 1.67. The molecule has 0 saturated heterocycles. The van der Waals surface area contributed by atoms with Crippen LogP contribution in [0.3, 0.4) is 0 Å². The maximum absolute atomic E-state index is 10.0. The number of hydrogen-bond donors (Lipinski definition) is 1. The van der Waals surface area contributed by atoms with Crippen LogP contribution >= 0.6 is 0 Å². The Hall–Kier alpha value is -1.42. The number of phenolic OH excluding ortho intramolecular Hbond substituents is 1. The topological polar surface area (TPSA) is 63.4 Å². The van der Waals surface area contributed by atoms with Crippen LogP contribution in [0, 0.1) is 16.2 Å². The number of nitro benzene ring substituents is 1. The van der Waals surface area contributed by atoms with Gasteiger partial charge in [0.25, 0.3) is 5.69 Å². The van der Waals surface area contributed by atoms with E-state index in [1.165, 1.54) is 24.3 Å². The van der Waals surface area contributed by atoms with Crippen molar-refractivity contribution in [3.8, 4) is 5.75 Å². The zero-order valence-corrected chi connectivity index (χ0v) is 14.6. The molecule has 0 aliphatic rings. The normalized spacial score (nSPS) is 8.24. The minimum atomic E-state index is -0.514. The Labute approximate surface area is 120 Å². The van der Waals surface area contributed by atoms with E-state index < -0.39 is 4.92 Å². The summed E-state index contributed by atoms with van der Waals surface area (Å²) in [5.74, 6) is 0.0330. The van der Waals surface area contributed by atoms with Gasteiger partial charge in [0.15, 0.2) is 0 Å². The number of hydrogen-bond acceptors (Lipinski definition) is 3. The molecule has 5 heteroatoms. The summed E-state index contributed by atoms with van der Waals surface area (Å²) >= 11 is 0. The van der Waals surface area contributed by atoms with Gasteiger partial charge in [-0.2, -0.15) is 0 Å². The Morgan fingerprint density at radius 1 is 1.06 bits per heavy atom. The third kappa shape index (κ3) is 6.68. The van der Waals surface area contributed by atoms with Gasteiger partial charge in [-0.15, -0.1) is 0 Å². The zero-order valence-electron chi connectivity index (χ0n) is 9.11. The van der Waals surface area contributed by atoms with Crippen molar-refractivity contribution in [2.75, 3.05) is 0 Å². The smallest absolute Gasteiger partial charge is 0.508 e. The van der Waals surface area contributed by atoms with Crippen molar-refractivity contribution in [2.24, 2.45) is 0 Å². The maximum atomic E-state index is 10.0. The fourth-order valence-corrected chi connectivity index (χ4v) is 0.916. The molecular formula is C12H10HgNO3+. The average molecular weight is 417 g/mol. The van der Waals surface area contributed by atoms with E-state index in [1.807, 2.05) is 30.3 Å². The van der Waals surface area contributed by atoms with Crippen molar-refractivity contribution in [1.82, 2.24) is 0 Å². The van der Waals surface area contributed by atoms with Gasteiger partial charge >= 0.3 is 27.7 Å². The first kappa shape index (κ1) is 15.6. The van der Waals surface area contributed by atoms with E-state index in [0.29, 0.717) is 0 Å². The molecule has 2 aromatic rings. The van der Waals surface area contributed by atoms with Gasteiger partial charge in [-0.3, -0.25) is 10.1 Å². The molecule has 17 heavy (non-hydrogen) atoms. The Bertz CT molecular complexity index is 405. The summed E-state index contributed by atoms with van der Waals surface area (Å²) in [6.45, 7) is 0. The van der Waals surface area contributed by atoms with E-state index in [1.54, 1.807) is 0 Å². The first-order valence-corrected chi connectivity index (χ1v) is 4.54. The van der Waals surface area contributed by atoms with Crippen molar-refractivity contribution in [3.63, 3.8) is 0 Å². The Balaban J connectivity index is 0.000000316. The number of nitrogens with zero attached hydrogens (tertiary/aromatic N) is 1. The third-order valence-corrected chi connectivity index (χ3v) is 1.67. The van der Waals surface area contributed by atoms with E-state index in [2.05, 4.69) is 6.07 Å². The van der Waals surface area contributed by atoms with E-state index in [4.69, 9.17) is 5.11 Å². The molecule has 0 unspecified atom stereocenters. The first-order valence-electron chi connectivity index (χ1n) is 4.54. The molecule has 2 radical (unpaired) electrons. The number of benzene rings is 2. The van der Waals surface area contributed by atoms with Crippen molar-refractivity contribution in [3.05, 3.63) is 70.8 Å². The number of phenols is 1. The Kier molecular flexibility index (Phi) is 7.97. The molecule has 0 aliphatic carbocycles. The number of non-ortho nitro benzene ring substituents is 1. The minimum Gasteiger partial charge on any atom is -0.508 e. The monoisotopic (exact) mass is 418 g/mol. The molecule has 0 heterocycles. The van der Waals surface area contributed by atoms with Crippen LogP contribution in [0.1, 0.15) is 0 Å². The Morgan fingerprint density at radius 3 is 1.88 bits per heavy atom. The maximum Gasteiger partial charge on any atom is 1.00 e. The SMILES string of the molecule is O=[N+]([O-])c1ccc(O)cc1.[Hg+].[c]1ccccc1. The second kappa shape index (κ2) is 8.70. The van der Waals surface area contributed by atoms with Crippen molar-refractivity contribution in [2.45, 2.75) is 0 Å². The van der Waals surface area contributed by atoms with Crippen molar-refractivity contribution in [1.29, 1.82) is 0 Å². The summed E-state index contributed by atoms with van der Waals surface area (Å²) in [5.41, 5.74) is -0.0159. The minimum absolute atomic E-state index is 0. The van der Waals surface area contributed by atoms with Gasteiger partial charge in [0, 0.05) is 12.1 Å². The fraction of sp³-hybridized carbons (Fsp3) is 0. The average Bonchev–Trinajstić information content (AvgIpc) is 2.32. The fourth-order valence-electron chi connectivity index (χ4n) is 0.916. The molecule has 0 fully saturated rings. The zero-order chi connectivity index (χ0) is 11.8. The summed E-state index contributed by atoms with van der Waals surface area (Å²) in [6, 6.07) is 17.5. The molecule has 0 aliphatic heterocycles. The molecule has 82 valence electrons. The summed E-state index contributed by atoms with van der Waals surface area (Å²) in [5, 5.41) is 18.8. The molecule has 0 saturated carbocycles. The molecule has 4 nitrogen and oxygen atoms in total. The van der Waals surface area contributed by atoms with Gasteiger partial charge < -0.3 is 5.11 Å². The summed E-state index contributed by atoms with van der Waals surface area (Å²) in [7, 11) is 0. The first-order chi connectivity index (χ1) is 7.70. The van der Waals surface area contributed by atoms with Gasteiger partial charge in [0.05, 0.1) is 4.92 Å². The van der Waals surface area contributed by atoms with Crippen molar-refractivity contribution >= 4 is 5.69 Å². The van der Waals surface area contributed by atoms with Crippen LogP contribution in [0.5, 0.6) is 5.75 Å². The summed E-state index contributed by atoms with van der Waals surface area (Å²) in [6.07, 6.45) is 0. The van der Waals surface area contributed by atoms with Crippen molar-refractivity contribution < 1.29 is 37.7 Å². The molecule has 0 spiro atoms. The molecule has 0 bridgehead atoms. The van der Waals surface area contributed by atoms with E-state index in [9.17, 15) is 10.1 Å². The molecule has 2 rings (SSSR count). The van der Waals surface area contributed by atoms with Crippen LogP contribution in [0.4, 0.5) is 5.69 Å². The summed E-state index contributed by atoms with van der Waals surface area (Å²) < 4.78 is 0. The van der Waals surface area contributed by atoms with Crippen LogP contribution in [0.15, 0.2) is 54.6 Å². The van der Waals surface area contributed by atoms with Gasteiger partial charge in [-0.25, -0.2) is 0 Å². The van der Waals surface area contributed by atoms with Crippen LogP contribution < -0.4 is 0 Å². The van der Waals surface area contributed by atoms with Crippen LogP contribution in [-0.2, 0) is 27.7 Å². The largest absolute Gasteiger partial charge is 1.00 e. The second-order valence-corrected chi connectivity index (χ2v) is 2.85. The summed E-state index contributed by atoms with van der Waals surface area (Å²) in [4.78, 5) is 9.52. The van der Waals surface area contributed by atoms with Crippen LogP contribution in [-0.4, -0.2) is 10.0 Å². The van der Waals surface area contributed by atoms with E-state index in [0.717, 1.165) is 0 Å². The molecule has 0 amide bonds. The van der Waals surface area contributed by atoms with Gasteiger partial charge in [0.2, 0.25) is 0 Å². The molecule has 0 aromatic heterocycles. The quantitative estimate of drug-likeness (QED) is 0.442. The molecule has 1 N–H and O–H groups in total. The number of nitro groups is 1. The molecule has 0 atom stereocenters. The van der Waals surface area contributed by atoms with E-state index in [-0.39, 0.29) is 39.1 Å². The Morgan fingerprint density at radius 2 is 1.59 bits per heavy atom. The standard InChI is InChI=1S/C6H5NO3.C6H5.Hg/c8-6-3-1-5(2-4-6)7(9)10;1-2-4-6-5-3-1;/h1-4,8H;1-5H;/q;;+1. The number of rotatable bonds is 1. The molecule has 2 aromatic carbocycles. The predicted octanol–water partition coefficient (Wildman–Crippen LogP) is 2.78.